The van der Waals surface area contributed by atoms with Crippen molar-refractivity contribution in [3.8, 4) is 0 Å². The molecule has 25 heavy (non-hydrogen) atoms. The number of halogens is 2. The normalized spacial score (nSPS) is 11.7. The van der Waals surface area contributed by atoms with Gasteiger partial charge in [0.15, 0.2) is 11.6 Å². The van der Waals surface area contributed by atoms with Crippen LogP contribution in [-0.2, 0) is 0 Å². The first-order valence-corrected chi connectivity index (χ1v) is 7.60. The summed E-state index contributed by atoms with van der Waals surface area (Å²) in [4.78, 5) is 25.1. The summed E-state index contributed by atoms with van der Waals surface area (Å²) in [5.41, 5.74) is 7.18. The van der Waals surface area contributed by atoms with Gasteiger partial charge in [-0.1, -0.05) is 12.1 Å². The van der Waals surface area contributed by atoms with Crippen molar-refractivity contribution in [1.82, 2.24) is 4.90 Å². The third-order valence-electron chi connectivity index (χ3n) is 4.08. The molecule has 0 spiro atoms. The molecule has 2 rings (SSSR count). The Morgan fingerprint density at radius 3 is 2.40 bits per heavy atom. The molecular formula is C18H19F2N3O2. The monoisotopic (exact) mass is 347 g/mol. The number of nitrogens with two attached hydrogens (primary N) is 1. The molecule has 132 valence electrons. The Kier molecular flexibility index (Phi) is 5.36. The van der Waals surface area contributed by atoms with Gasteiger partial charge in [0.2, 0.25) is 5.91 Å². The van der Waals surface area contributed by atoms with Crippen molar-refractivity contribution in [3.05, 3.63) is 64.7 Å². The smallest absolute Gasteiger partial charge is 0.322 e. The molecule has 0 aromatic heterocycles. The number of anilines is 1. The Bertz CT molecular complexity index is 824. The second kappa shape index (κ2) is 7.29. The topological polar surface area (TPSA) is 75.4 Å². The molecule has 3 N–H and O–H groups in total. The molecule has 0 aliphatic heterocycles. The average Bonchev–Trinajstić information content (AvgIpc) is 2.57. The molecule has 0 saturated carbocycles. The van der Waals surface area contributed by atoms with Crippen LogP contribution in [0.2, 0.25) is 0 Å². The first-order valence-electron chi connectivity index (χ1n) is 7.60. The van der Waals surface area contributed by atoms with Crippen LogP contribution in [0, 0.1) is 18.6 Å². The van der Waals surface area contributed by atoms with Crippen LogP contribution in [0.5, 0.6) is 0 Å². The fourth-order valence-electron chi connectivity index (χ4n) is 2.35. The molecule has 0 saturated heterocycles. The van der Waals surface area contributed by atoms with Crippen LogP contribution in [0.15, 0.2) is 36.4 Å². The summed E-state index contributed by atoms with van der Waals surface area (Å²) in [5.74, 6) is -2.50. The van der Waals surface area contributed by atoms with Crippen molar-refractivity contribution in [2.45, 2.75) is 19.9 Å². The lowest BCUT2D eigenvalue weighted by atomic mass is 10.1. The van der Waals surface area contributed by atoms with Gasteiger partial charge in [-0.15, -0.1) is 0 Å². The summed E-state index contributed by atoms with van der Waals surface area (Å²) >= 11 is 0. The van der Waals surface area contributed by atoms with Gasteiger partial charge in [0.05, 0.1) is 6.04 Å². The Balaban J connectivity index is 2.15. The van der Waals surface area contributed by atoms with Crippen LogP contribution in [0.25, 0.3) is 0 Å². The van der Waals surface area contributed by atoms with Crippen LogP contribution >= 0.6 is 0 Å². The van der Waals surface area contributed by atoms with E-state index in [-0.39, 0.29) is 0 Å². The van der Waals surface area contributed by atoms with Gasteiger partial charge in [-0.3, -0.25) is 4.79 Å². The first-order chi connectivity index (χ1) is 11.7. The molecule has 0 unspecified atom stereocenters. The van der Waals surface area contributed by atoms with E-state index in [2.05, 4.69) is 5.32 Å². The molecule has 5 nitrogen and oxygen atoms in total. The minimum atomic E-state index is -0.970. The maximum Gasteiger partial charge on any atom is 0.322 e. The molecule has 0 aliphatic carbocycles. The van der Waals surface area contributed by atoms with Gasteiger partial charge >= 0.3 is 6.03 Å². The van der Waals surface area contributed by atoms with E-state index in [1.54, 1.807) is 26.0 Å². The average molecular weight is 347 g/mol. The molecule has 2 aromatic rings. The Morgan fingerprint density at radius 1 is 1.12 bits per heavy atom. The fourth-order valence-corrected chi connectivity index (χ4v) is 2.35. The quantitative estimate of drug-likeness (QED) is 0.887. The van der Waals surface area contributed by atoms with E-state index >= 15 is 0 Å². The standard InChI is InChI=1S/C18H19F2N3O2/c1-10-4-6-13(9-14(10)17(21)24)22-18(25)23(3)11(2)12-5-7-15(19)16(20)8-12/h4-9,11H,1-3H3,(H2,21,24)(H,22,25)/t11-/m1/s1. The van der Waals surface area contributed by atoms with Crippen LogP contribution < -0.4 is 11.1 Å². The molecule has 0 fully saturated rings. The zero-order valence-electron chi connectivity index (χ0n) is 14.1. The van der Waals surface area contributed by atoms with Crippen molar-refractivity contribution < 1.29 is 18.4 Å². The van der Waals surface area contributed by atoms with Gasteiger partial charge < -0.3 is 16.0 Å². The predicted molar refractivity (Wildman–Crippen MR) is 91.3 cm³/mol. The van der Waals surface area contributed by atoms with Crippen molar-refractivity contribution >= 4 is 17.6 Å². The molecule has 0 bridgehead atoms. The minimum absolute atomic E-state index is 0.314. The number of aryl methyl sites for hydroxylation is 1. The lowest BCUT2D eigenvalue weighted by Gasteiger charge is -2.26. The van der Waals surface area contributed by atoms with E-state index in [0.29, 0.717) is 22.4 Å². The summed E-state index contributed by atoms with van der Waals surface area (Å²) in [6.07, 6.45) is 0. The second-order valence-electron chi connectivity index (χ2n) is 5.78. The van der Waals surface area contributed by atoms with Gasteiger partial charge in [0.25, 0.3) is 0 Å². The SMILES string of the molecule is Cc1ccc(NC(=O)N(C)[C@H](C)c2ccc(F)c(F)c2)cc1C(N)=O. The molecular weight excluding hydrogens is 328 g/mol. The van der Waals surface area contributed by atoms with E-state index in [0.717, 1.165) is 12.1 Å². The summed E-state index contributed by atoms with van der Waals surface area (Å²) in [5, 5.41) is 2.65. The van der Waals surface area contributed by atoms with Gasteiger partial charge in [-0.25, -0.2) is 13.6 Å². The summed E-state index contributed by atoms with van der Waals surface area (Å²) < 4.78 is 26.4. The lowest BCUT2D eigenvalue weighted by molar-refractivity contribution is 0.0999. The van der Waals surface area contributed by atoms with Crippen molar-refractivity contribution in [1.29, 1.82) is 0 Å². The molecule has 0 aliphatic rings. The van der Waals surface area contributed by atoms with Crippen LogP contribution in [0.4, 0.5) is 19.3 Å². The van der Waals surface area contributed by atoms with Crippen molar-refractivity contribution in [3.63, 3.8) is 0 Å². The zero-order valence-corrected chi connectivity index (χ0v) is 14.1. The van der Waals surface area contributed by atoms with Crippen molar-refractivity contribution in [2.24, 2.45) is 5.73 Å². The number of amides is 3. The van der Waals surface area contributed by atoms with Crippen LogP contribution in [0.1, 0.15) is 34.5 Å². The van der Waals surface area contributed by atoms with Gasteiger partial charge in [-0.2, -0.15) is 0 Å². The molecule has 0 heterocycles. The zero-order chi connectivity index (χ0) is 18.7. The Hall–Kier alpha value is -2.96. The number of benzene rings is 2. The molecule has 7 heteroatoms. The van der Waals surface area contributed by atoms with E-state index in [1.807, 2.05) is 0 Å². The lowest BCUT2D eigenvalue weighted by Crippen LogP contribution is -2.33. The van der Waals surface area contributed by atoms with Crippen LogP contribution in [0.3, 0.4) is 0 Å². The molecule has 3 amide bonds. The largest absolute Gasteiger partial charge is 0.366 e. The van der Waals surface area contributed by atoms with E-state index in [4.69, 9.17) is 5.73 Å². The number of rotatable bonds is 4. The Morgan fingerprint density at radius 2 is 1.80 bits per heavy atom. The number of urea groups is 1. The number of hydrogen-bond donors (Lipinski definition) is 2. The van der Waals surface area contributed by atoms with E-state index < -0.39 is 29.6 Å². The highest BCUT2D eigenvalue weighted by Gasteiger charge is 2.19. The van der Waals surface area contributed by atoms with Gasteiger partial charge in [0, 0.05) is 18.3 Å². The number of hydrogen-bond acceptors (Lipinski definition) is 2. The third-order valence-corrected chi connectivity index (χ3v) is 4.08. The van der Waals surface area contributed by atoms with Gasteiger partial charge in [0.1, 0.15) is 0 Å². The number of carbonyl (C=O) groups excluding carboxylic acids is 2. The second-order valence-corrected chi connectivity index (χ2v) is 5.78. The maximum atomic E-state index is 13.4. The number of primary amides is 1. The summed E-state index contributed by atoms with van der Waals surface area (Å²) in [6.45, 7) is 3.43. The molecule has 1 atom stereocenters. The maximum absolute atomic E-state index is 13.4. The number of carbonyl (C=O) groups is 2. The fraction of sp³-hybridized carbons (Fsp3) is 0.222. The Labute approximate surface area is 144 Å². The first kappa shape index (κ1) is 18.4. The molecule has 0 radical (unpaired) electrons. The third kappa shape index (κ3) is 4.12. The minimum Gasteiger partial charge on any atom is -0.366 e. The molecule has 2 aromatic carbocycles. The number of nitrogens with zero attached hydrogens (tertiary/aromatic N) is 1. The van der Waals surface area contributed by atoms with Gasteiger partial charge in [-0.05, 0) is 49.2 Å². The van der Waals surface area contributed by atoms with Crippen molar-refractivity contribution in [2.75, 3.05) is 12.4 Å². The van der Waals surface area contributed by atoms with E-state index in [9.17, 15) is 18.4 Å². The predicted octanol–water partition coefficient (Wildman–Crippen LogP) is 3.60. The number of nitrogens with one attached hydrogen (secondary N) is 1. The van der Waals surface area contributed by atoms with Crippen LogP contribution in [-0.4, -0.2) is 23.9 Å². The highest BCUT2D eigenvalue weighted by molar-refractivity contribution is 5.97. The summed E-state index contributed by atoms with van der Waals surface area (Å²) in [6, 6.07) is 7.36. The highest BCUT2D eigenvalue weighted by atomic mass is 19.2. The highest BCUT2D eigenvalue weighted by Crippen LogP contribution is 2.22. The van der Waals surface area contributed by atoms with E-state index in [1.165, 1.54) is 24.1 Å². The summed E-state index contributed by atoms with van der Waals surface area (Å²) in [7, 11) is 1.53.